The maximum atomic E-state index is 4.67. The summed E-state index contributed by atoms with van der Waals surface area (Å²) in [6, 6.07) is 8.52. The van der Waals surface area contributed by atoms with E-state index in [9.17, 15) is 0 Å². The van der Waals surface area contributed by atoms with Gasteiger partial charge in [-0.3, -0.25) is 4.68 Å². The van der Waals surface area contributed by atoms with Crippen molar-refractivity contribution in [2.24, 2.45) is 7.05 Å². The van der Waals surface area contributed by atoms with Crippen LogP contribution in [0.5, 0.6) is 0 Å². The van der Waals surface area contributed by atoms with Crippen molar-refractivity contribution in [1.82, 2.24) is 20.1 Å². The molecule has 0 spiro atoms. The van der Waals surface area contributed by atoms with Crippen LogP contribution in [0.25, 0.3) is 10.9 Å². The van der Waals surface area contributed by atoms with Gasteiger partial charge in [0.25, 0.3) is 0 Å². The molecule has 4 nitrogen and oxygen atoms in total. The molecule has 0 aliphatic carbocycles. The molecule has 3 rings (SSSR count). The fourth-order valence-corrected chi connectivity index (χ4v) is 3.03. The van der Waals surface area contributed by atoms with Crippen LogP contribution < -0.4 is 5.32 Å². The minimum Gasteiger partial charge on any atom is -0.311 e. The second kappa shape index (κ2) is 5.11. The highest BCUT2D eigenvalue weighted by Gasteiger charge is 2.18. The van der Waals surface area contributed by atoms with Gasteiger partial charge in [-0.2, -0.15) is 5.10 Å². The minimum absolute atomic E-state index is 0.192. The summed E-state index contributed by atoms with van der Waals surface area (Å²) in [7, 11) is 3.96. The Morgan fingerprint density at radius 2 is 2.21 bits per heavy atom. The summed E-state index contributed by atoms with van der Waals surface area (Å²) < 4.78 is 1.94. The number of hydrogen-bond donors (Lipinski definition) is 1. The van der Waals surface area contributed by atoms with Gasteiger partial charge in [0.2, 0.25) is 0 Å². The second-order valence-electron chi connectivity index (χ2n) is 4.50. The number of aryl methyl sites for hydroxylation is 1. The van der Waals surface area contributed by atoms with Gasteiger partial charge in [-0.15, -0.1) is 11.3 Å². The van der Waals surface area contributed by atoms with Gasteiger partial charge < -0.3 is 5.32 Å². The molecule has 0 saturated heterocycles. The lowest BCUT2D eigenvalue weighted by molar-refractivity contribution is 0.565. The third-order valence-corrected chi connectivity index (χ3v) is 4.13. The third kappa shape index (κ3) is 2.27. The van der Waals surface area contributed by atoms with Crippen molar-refractivity contribution >= 4 is 22.2 Å². The van der Waals surface area contributed by atoms with Crippen LogP contribution in [0, 0.1) is 0 Å². The number of para-hydroxylation sites is 1. The molecule has 2 aromatic heterocycles. The van der Waals surface area contributed by atoms with Crippen molar-refractivity contribution in [3.05, 3.63) is 46.5 Å². The van der Waals surface area contributed by atoms with Crippen molar-refractivity contribution in [3.8, 4) is 0 Å². The number of thiazole rings is 1. The van der Waals surface area contributed by atoms with E-state index in [0.29, 0.717) is 0 Å². The van der Waals surface area contributed by atoms with Crippen LogP contribution in [0.1, 0.15) is 16.7 Å². The zero-order valence-electron chi connectivity index (χ0n) is 11.0. The first-order valence-electron chi connectivity index (χ1n) is 6.27. The highest BCUT2D eigenvalue weighted by Crippen LogP contribution is 2.25. The van der Waals surface area contributed by atoms with Crippen LogP contribution in [-0.2, 0) is 13.5 Å². The van der Waals surface area contributed by atoms with Crippen LogP contribution >= 0.6 is 11.3 Å². The largest absolute Gasteiger partial charge is 0.311 e. The average molecular weight is 272 g/mol. The number of aromatic nitrogens is 3. The maximum absolute atomic E-state index is 4.67. The van der Waals surface area contributed by atoms with Crippen molar-refractivity contribution in [2.75, 3.05) is 7.05 Å². The van der Waals surface area contributed by atoms with E-state index in [4.69, 9.17) is 0 Å². The van der Waals surface area contributed by atoms with Crippen LogP contribution in [-0.4, -0.2) is 21.8 Å². The molecule has 1 aromatic carbocycles. The third-order valence-electron chi connectivity index (χ3n) is 3.33. The molecule has 0 fully saturated rings. The van der Waals surface area contributed by atoms with Gasteiger partial charge >= 0.3 is 0 Å². The molecule has 98 valence electrons. The molecule has 0 bridgehead atoms. The number of nitrogens with zero attached hydrogens (tertiary/aromatic N) is 3. The van der Waals surface area contributed by atoms with E-state index >= 15 is 0 Å². The summed E-state index contributed by atoms with van der Waals surface area (Å²) in [6.07, 6.45) is 2.72. The summed E-state index contributed by atoms with van der Waals surface area (Å²) >= 11 is 1.69. The zero-order chi connectivity index (χ0) is 13.2. The Balaban J connectivity index is 2.01. The molecule has 1 atom stereocenters. The molecule has 0 aliphatic rings. The predicted molar refractivity (Wildman–Crippen MR) is 78.3 cm³/mol. The summed E-state index contributed by atoms with van der Waals surface area (Å²) in [4.78, 5) is 4.36. The lowest BCUT2D eigenvalue weighted by atomic mass is 10.1. The Hall–Kier alpha value is -1.72. The van der Waals surface area contributed by atoms with E-state index in [1.165, 1.54) is 5.39 Å². The summed E-state index contributed by atoms with van der Waals surface area (Å²) in [5, 5.41) is 12.4. The van der Waals surface area contributed by atoms with Crippen LogP contribution in [0.3, 0.4) is 0 Å². The molecule has 2 heterocycles. The van der Waals surface area contributed by atoms with Crippen molar-refractivity contribution in [2.45, 2.75) is 12.5 Å². The van der Waals surface area contributed by atoms with Gasteiger partial charge in [-0.25, -0.2) is 4.98 Å². The first-order valence-corrected chi connectivity index (χ1v) is 7.15. The molecule has 0 aliphatic heterocycles. The molecule has 3 aromatic rings. The quantitative estimate of drug-likeness (QED) is 0.793. The number of likely N-dealkylation sites (N-methyl/N-ethyl adjacent to an activating group) is 1. The summed E-state index contributed by atoms with van der Waals surface area (Å²) in [6.45, 7) is 0. The normalized spacial score (nSPS) is 12.9. The monoisotopic (exact) mass is 272 g/mol. The molecule has 0 saturated carbocycles. The standard InChI is InChI=1S/C14H16N4S/c1-15-11(9-13-16-7-8-19-13)14-10-5-3-4-6-12(10)18(2)17-14/h3-8,11,15H,9H2,1-2H3. The highest BCUT2D eigenvalue weighted by atomic mass is 32.1. The van der Waals surface area contributed by atoms with Crippen LogP contribution in [0.4, 0.5) is 0 Å². The Bertz CT molecular complexity index is 672. The van der Waals surface area contributed by atoms with Crippen molar-refractivity contribution in [1.29, 1.82) is 0 Å². The number of hydrogen-bond acceptors (Lipinski definition) is 4. The van der Waals surface area contributed by atoms with Crippen molar-refractivity contribution < 1.29 is 0 Å². The summed E-state index contributed by atoms with van der Waals surface area (Å²) in [5.74, 6) is 0. The fourth-order valence-electron chi connectivity index (χ4n) is 2.36. The lowest BCUT2D eigenvalue weighted by Gasteiger charge is -2.12. The molecule has 0 radical (unpaired) electrons. The molecule has 1 N–H and O–H groups in total. The first kappa shape index (κ1) is 12.3. The topological polar surface area (TPSA) is 42.7 Å². The highest BCUT2D eigenvalue weighted by molar-refractivity contribution is 7.09. The van der Waals surface area contributed by atoms with Gasteiger partial charge in [-0.05, 0) is 13.1 Å². The Morgan fingerprint density at radius 3 is 2.95 bits per heavy atom. The van der Waals surface area contributed by atoms with E-state index in [0.717, 1.165) is 22.6 Å². The second-order valence-corrected chi connectivity index (χ2v) is 5.48. The number of rotatable bonds is 4. The van der Waals surface area contributed by atoms with Gasteiger partial charge in [-0.1, -0.05) is 18.2 Å². The molecular formula is C14H16N4S. The van der Waals surface area contributed by atoms with Gasteiger partial charge in [0.1, 0.15) is 0 Å². The predicted octanol–water partition coefficient (Wildman–Crippen LogP) is 2.53. The molecule has 0 amide bonds. The maximum Gasteiger partial charge on any atom is 0.0944 e. The van der Waals surface area contributed by atoms with E-state index in [1.807, 2.05) is 36.4 Å². The fraction of sp³-hybridized carbons (Fsp3) is 0.286. The van der Waals surface area contributed by atoms with E-state index in [-0.39, 0.29) is 6.04 Å². The molecule has 1 unspecified atom stereocenters. The lowest BCUT2D eigenvalue weighted by Crippen LogP contribution is -2.19. The van der Waals surface area contributed by atoms with E-state index in [1.54, 1.807) is 11.3 Å². The van der Waals surface area contributed by atoms with E-state index < -0.39 is 0 Å². The Labute approximate surface area is 116 Å². The smallest absolute Gasteiger partial charge is 0.0944 e. The van der Waals surface area contributed by atoms with Gasteiger partial charge in [0.15, 0.2) is 0 Å². The molecular weight excluding hydrogens is 256 g/mol. The SMILES string of the molecule is CNC(Cc1nccs1)c1nn(C)c2ccccc12. The Kier molecular flexibility index (Phi) is 3.31. The van der Waals surface area contributed by atoms with Gasteiger partial charge in [0, 0.05) is 30.4 Å². The number of benzene rings is 1. The molecule has 5 heteroatoms. The number of fused-ring (bicyclic) bond motifs is 1. The average Bonchev–Trinajstić information content (AvgIpc) is 3.05. The van der Waals surface area contributed by atoms with Crippen LogP contribution in [0.2, 0.25) is 0 Å². The first-order chi connectivity index (χ1) is 9.29. The zero-order valence-corrected chi connectivity index (χ0v) is 11.8. The Morgan fingerprint density at radius 1 is 1.37 bits per heavy atom. The van der Waals surface area contributed by atoms with Crippen LogP contribution in [0.15, 0.2) is 35.8 Å². The summed E-state index contributed by atoms with van der Waals surface area (Å²) in [5.41, 5.74) is 2.26. The van der Waals surface area contributed by atoms with Gasteiger partial charge in [0.05, 0.1) is 22.3 Å². The number of nitrogens with one attached hydrogen (secondary N) is 1. The molecule has 19 heavy (non-hydrogen) atoms. The minimum atomic E-state index is 0.192. The van der Waals surface area contributed by atoms with E-state index in [2.05, 4.69) is 33.6 Å². The van der Waals surface area contributed by atoms with Crippen molar-refractivity contribution in [3.63, 3.8) is 0 Å².